The van der Waals surface area contributed by atoms with Crippen molar-refractivity contribution in [2.75, 3.05) is 7.11 Å². The molecule has 1 aromatic rings. The Morgan fingerprint density at radius 1 is 1.23 bits per heavy atom. The summed E-state index contributed by atoms with van der Waals surface area (Å²) >= 11 is 0. The number of hydrogen-bond donors (Lipinski definition) is 3. The predicted molar refractivity (Wildman–Crippen MR) is 94.8 cm³/mol. The quantitative estimate of drug-likeness (QED) is 0.655. The molecule has 1 amide bonds. The molecule has 9 heteroatoms. The highest BCUT2D eigenvalue weighted by Crippen LogP contribution is 2.31. The summed E-state index contributed by atoms with van der Waals surface area (Å²) in [6.07, 6.45) is 2.13. The molecule has 0 bridgehead atoms. The standard InChI is InChI=1S/C17H24N2O6S/c1-11(2)19-26(23,24)14-10-12(6-7-13(14)25-3)15(20)18-17(16(21)22)8-4-5-9-17/h6-7,10-11,19H,4-5,8-9H2,1-3H3,(H,18,20)(H,21,22). The molecule has 1 fully saturated rings. The Bertz CT molecular complexity index is 797. The molecule has 144 valence electrons. The third-order valence-electron chi connectivity index (χ3n) is 4.33. The van der Waals surface area contributed by atoms with Gasteiger partial charge in [-0.2, -0.15) is 0 Å². The molecule has 1 aromatic carbocycles. The van der Waals surface area contributed by atoms with Crippen LogP contribution in [-0.4, -0.2) is 44.1 Å². The largest absolute Gasteiger partial charge is 0.495 e. The Kier molecular flexibility index (Phi) is 5.92. The van der Waals surface area contributed by atoms with Gasteiger partial charge in [-0.05, 0) is 44.9 Å². The lowest BCUT2D eigenvalue weighted by Crippen LogP contribution is -2.52. The minimum atomic E-state index is -3.89. The molecule has 26 heavy (non-hydrogen) atoms. The fourth-order valence-corrected chi connectivity index (χ4v) is 4.51. The second kappa shape index (κ2) is 7.63. The van der Waals surface area contributed by atoms with Crippen molar-refractivity contribution in [1.29, 1.82) is 0 Å². The fourth-order valence-electron chi connectivity index (χ4n) is 3.06. The van der Waals surface area contributed by atoms with E-state index in [0.29, 0.717) is 25.7 Å². The number of nitrogens with one attached hydrogen (secondary N) is 2. The Hall–Kier alpha value is -2.13. The number of rotatable bonds is 7. The average molecular weight is 384 g/mol. The van der Waals surface area contributed by atoms with Gasteiger partial charge in [0.1, 0.15) is 16.2 Å². The maximum atomic E-state index is 12.6. The molecule has 0 heterocycles. The van der Waals surface area contributed by atoms with E-state index in [1.165, 1.54) is 25.3 Å². The average Bonchev–Trinajstić information content (AvgIpc) is 3.03. The first-order chi connectivity index (χ1) is 12.1. The fraction of sp³-hybridized carbons (Fsp3) is 0.529. The smallest absolute Gasteiger partial charge is 0.329 e. The Labute approximate surface area is 153 Å². The summed E-state index contributed by atoms with van der Waals surface area (Å²) in [6, 6.07) is 3.65. The van der Waals surface area contributed by atoms with Crippen molar-refractivity contribution in [2.45, 2.75) is 56.0 Å². The van der Waals surface area contributed by atoms with Crippen LogP contribution < -0.4 is 14.8 Å². The summed E-state index contributed by atoms with van der Waals surface area (Å²) in [5, 5.41) is 12.1. The van der Waals surface area contributed by atoms with Crippen LogP contribution >= 0.6 is 0 Å². The lowest BCUT2D eigenvalue weighted by atomic mass is 9.97. The topological polar surface area (TPSA) is 122 Å². The number of methoxy groups -OCH3 is 1. The van der Waals surface area contributed by atoms with Crippen LogP contribution in [0.5, 0.6) is 5.75 Å². The second-order valence-corrected chi connectivity index (χ2v) is 8.37. The molecule has 0 aromatic heterocycles. The second-order valence-electron chi connectivity index (χ2n) is 6.69. The highest BCUT2D eigenvalue weighted by Gasteiger charge is 2.42. The molecule has 0 saturated heterocycles. The number of carbonyl (C=O) groups excluding carboxylic acids is 1. The van der Waals surface area contributed by atoms with Gasteiger partial charge in [-0.15, -0.1) is 0 Å². The first-order valence-electron chi connectivity index (χ1n) is 8.37. The number of hydrogen-bond acceptors (Lipinski definition) is 5. The zero-order chi connectivity index (χ0) is 19.5. The van der Waals surface area contributed by atoms with Gasteiger partial charge in [0.15, 0.2) is 0 Å². The lowest BCUT2D eigenvalue weighted by Gasteiger charge is -2.25. The zero-order valence-electron chi connectivity index (χ0n) is 15.0. The van der Waals surface area contributed by atoms with Crippen molar-refractivity contribution < 1.29 is 27.9 Å². The number of carboxylic acid groups (broad SMARTS) is 1. The number of carboxylic acids is 1. The van der Waals surface area contributed by atoms with E-state index in [0.717, 1.165) is 0 Å². The van der Waals surface area contributed by atoms with Crippen molar-refractivity contribution >= 4 is 21.9 Å². The van der Waals surface area contributed by atoms with E-state index in [2.05, 4.69) is 10.0 Å². The maximum Gasteiger partial charge on any atom is 0.329 e. The van der Waals surface area contributed by atoms with Gasteiger partial charge in [-0.1, -0.05) is 12.8 Å². The molecule has 1 aliphatic carbocycles. The summed E-state index contributed by atoms with van der Waals surface area (Å²) in [7, 11) is -2.55. The van der Waals surface area contributed by atoms with Gasteiger partial charge in [0.25, 0.3) is 5.91 Å². The van der Waals surface area contributed by atoms with E-state index in [-0.39, 0.29) is 22.3 Å². The number of amides is 1. The SMILES string of the molecule is COc1ccc(C(=O)NC2(C(=O)O)CCCC2)cc1S(=O)(=O)NC(C)C. The number of aliphatic carboxylic acids is 1. The number of benzene rings is 1. The van der Waals surface area contributed by atoms with Gasteiger partial charge in [0.2, 0.25) is 10.0 Å². The molecule has 0 aliphatic heterocycles. The zero-order valence-corrected chi connectivity index (χ0v) is 15.9. The monoisotopic (exact) mass is 384 g/mol. The summed E-state index contributed by atoms with van der Waals surface area (Å²) in [4.78, 5) is 24.0. The Morgan fingerprint density at radius 3 is 2.35 bits per heavy atom. The Morgan fingerprint density at radius 2 is 1.85 bits per heavy atom. The number of sulfonamides is 1. The van der Waals surface area contributed by atoms with Crippen LogP contribution in [0.2, 0.25) is 0 Å². The third kappa shape index (κ3) is 4.16. The van der Waals surface area contributed by atoms with E-state index in [1.54, 1.807) is 13.8 Å². The van der Waals surface area contributed by atoms with Crippen molar-refractivity contribution in [3.05, 3.63) is 23.8 Å². The molecular weight excluding hydrogens is 360 g/mol. The molecule has 1 aliphatic rings. The van der Waals surface area contributed by atoms with Crippen LogP contribution in [0.15, 0.2) is 23.1 Å². The minimum Gasteiger partial charge on any atom is -0.495 e. The van der Waals surface area contributed by atoms with Gasteiger partial charge in [0, 0.05) is 11.6 Å². The molecule has 0 spiro atoms. The lowest BCUT2D eigenvalue weighted by molar-refractivity contribution is -0.144. The normalized spacial score (nSPS) is 16.5. The highest BCUT2D eigenvalue weighted by molar-refractivity contribution is 7.89. The molecule has 8 nitrogen and oxygen atoms in total. The van der Waals surface area contributed by atoms with Crippen LogP contribution in [-0.2, 0) is 14.8 Å². The van der Waals surface area contributed by atoms with E-state index in [1.807, 2.05) is 0 Å². The molecule has 2 rings (SSSR count). The van der Waals surface area contributed by atoms with E-state index in [9.17, 15) is 23.1 Å². The molecule has 0 radical (unpaired) electrons. The van der Waals surface area contributed by atoms with Gasteiger partial charge in [-0.25, -0.2) is 17.9 Å². The number of carbonyl (C=O) groups is 2. The third-order valence-corrected chi connectivity index (χ3v) is 6.01. The maximum absolute atomic E-state index is 12.6. The molecule has 1 saturated carbocycles. The minimum absolute atomic E-state index is 0.0578. The summed E-state index contributed by atoms with van der Waals surface area (Å²) in [6.45, 7) is 3.36. The summed E-state index contributed by atoms with van der Waals surface area (Å²) in [5.74, 6) is -1.60. The van der Waals surface area contributed by atoms with Crippen molar-refractivity contribution in [3.63, 3.8) is 0 Å². The molecule has 0 unspecified atom stereocenters. The van der Waals surface area contributed by atoms with Crippen molar-refractivity contribution in [3.8, 4) is 5.75 Å². The molecule has 0 atom stereocenters. The summed E-state index contributed by atoms with van der Waals surface area (Å²) in [5.41, 5.74) is -1.24. The van der Waals surface area contributed by atoms with Crippen LogP contribution in [0.4, 0.5) is 0 Å². The number of ether oxygens (including phenoxy) is 1. The van der Waals surface area contributed by atoms with Gasteiger partial charge in [-0.3, -0.25) is 4.79 Å². The first kappa shape index (κ1) is 20.2. The van der Waals surface area contributed by atoms with Crippen LogP contribution in [0.3, 0.4) is 0 Å². The van der Waals surface area contributed by atoms with Crippen molar-refractivity contribution in [1.82, 2.24) is 10.0 Å². The van der Waals surface area contributed by atoms with E-state index in [4.69, 9.17) is 4.74 Å². The van der Waals surface area contributed by atoms with Crippen LogP contribution in [0.1, 0.15) is 49.9 Å². The van der Waals surface area contributed by atoms with Gasteiger partial charge in [0.05, 0.1) is 7.11 Å². The van der Waals surface area contributed by atoms with Gasteiger partial charge >= 0.3 is 5.97 Å². The van der Waals surface area contributed by atoms with Crippen molar-refractivity contribution in [2.24, 2.45) is 0 Å². The van der Waals surface area contributed by atoms with Gasteiger partial charge < -0.3 is 15.2 Å². The Balaban J connectivity index is 2.37. The molecule has 3 N–H and O–H groups in total. The van der Waals surface area contributed by atoms with E-state index >= 15 is 0 Å². The van der Waals surface area contributed by atoms with Crippen LogP contribution in [0, 0.1) is 0 Å². The highest BCUT2D eigenvalue weighted by atomic mass is 32.2. The predicted octanol–water partition coefficient (Wildman–Crippen LogP) is 1.51. The first-order valence-corrected chi connectivity index (χ1v) is 9.86. The summed E-state index contributed by atoms with van der Waals surface area (Å²) < 4.78 is 32.5. The van der Waals surface area contributed by atoms with E-state index < -0.39 is 27.4 Å². The molecular formula is C17H24N2O6S. The van der Waals surface area contributed by atoms with Crippen LogP contribution in [0.25, 0.3) is 0 Å².